The highest BCUT2D eigenvalue weighted by Gasteiger charge is 2.29. The minimum atomic E-state index is -0.0630. The Morgan fingerprint density at radius 3 is 3.06 bits per heavy atom. The highest BCUT2D eigenvalue weighted by atomic mass is 16.2. The van der Waals surface area contributed by atoms with Crippen molar-refractivity contribution in [3.8, 4) is 0 Å². The lowest BCUT2D eigenvalue weighted by Gasteiger charge is -2.15. The molecule has 2 heterocycles. The van der Waals surface area contributed by atoms with Gasteiger partial charge in [0.25, 0.3) is 0 Å². The summed E-state index contributed by atoms with van der Waals surface area (Å²) >= 11 is 0. The van der Waals surface area contributed by atoms with Gasteiger partial charge in [0.05, 0.1) is 6.04 Å². The molecule has 0 aliphatic carbocycles. The zero-order valence-electron chi connectivity index (χ0n) is 10.4. The third-order valence-corrected chi connectivity index (χ3v) is 3.64. The number of hydrogen-bond acceptors (Lipinski definition) is 2. The molecule has 0 spiro atoms. The van der Waals surface area contributed by atoms with E-state index in [4.69, 9.17) is 0 Å². The molecular formula is C14H17N3O. The number of hydrogen-bond donors (Lipinski definition) is 3. The highest BCUT2D eigenvalue weighted by molar-refractivity contribution is 5.97. The van der Waals surface area contributed by atoms with Gasteiger partial charge in [-0.25, -0.2) is 0 Å². The number of H-pyrrole nitrogens is 1. The predicted molar refractivity (Wildman–Crippen MR) is 72.5 cm³/mol. The Balaban J connectivity index is 1.77. The van der Waals surface area contributed by atoms with Crippen LogP contribution in [0.25, 0.3) is 10.9 Å². The van der Waals surface area contributed by atoms with Crippen LogP contribution in [0.4, 0.5) is 5.69 Å². The molecule has 1 aliphatic rings. The van der Waals surface area contributed by atoms with Crippen molar-refractivity contribution in [2.24, 2.45) is 5.92 Å². The Morgan fingerprint density at radius 2 is 2.28 bits per heavy atom. The predicted octanol–water partition coefficient (Wildman–Crippen LogP) is 2.10. The van der Waals surface area contributed by atoms with E-state index in [0.29, 0.717) is 5.92 Å². The van der Waals surface area contributed by atoms with E-state index in [9.17, 15) is 4.79 Å². The van der Waals surface area contributed by atoms with E-state index in [-0.39, 0.29) is 11.9 Å². The molecule has 1 fully saturated rings. The molecule has 3 rings (SSSR count). The van der Waals surface area contributed by atoms with Crippen LogP contribution in [0.1, 0.15) is 13.3 Å². The van der Waals surface area contributed by atoms with Crippen LogP contribution >= 0.6 is 0 Å². The number of carbonyl (C=O) groups is 1. The van der Waals surface area contributed by atoms with Crippen LogP contribution in [0.3, 0.4) is 0 Å². The highest BCUT2D eigenvalue weighted by Crippen LogP contribution is 2.20. The second kappa shape index (κ2) is 4.46. The van der Waals surface area contributed by atoms with Crippen LogP contribution in [0.15, 0.2) is 30.5 Å². The van der Waals surface area contributed by atoms with Crippen molar-refractivity contribution in [2.75, 3.05) is 11.9 Å². The van der Waals surface area contributed by atoms with Gasteiger partial charge in [-0.05, 0) is 43.1 Å². The van der Waals surface area contributed by atoms with Crippen molar-refractivity contribution >= 4 is 22.5 Å². The maximum Gasteiger partial charge on any atom is 0.241 e. The first-order valence-electron chi connectivity index (χ1n) is 6.35. The largest absolute Gasteiger partial charge is 0.361 e. The summed E-state index contributed by atoms with van der Waals surface area (Å²) in [5.41, 5.74) is 1.94. The van der Waals surface area contributed by atoms with Crippen LogP contribution in [0.5, 0.6) is 0 Å². The summed E-state index contributed by atoms with van der Waals surface area (Å²) in [6.07, 6.45) is 2.96. The Kier molecular flexibility index (Phi) is 2.80. The molecular weight excluding hydrogens is 226 g/mol. The number of fused-ring (bicyclic) bond motifs is 1. The molecule has 1 amide bonds. The van der Waals surface area contributed by atoms with Crippen molar-refractivity contribution in [1.82, 2.24) is 10.3 Å². The molecule has 2 aromatic rings. The number of carbonyl (C=O) groups excluding carboxylic acids is 1. The normalized spacial score (nSPS) is 23.4. The monoisotopic (exact) mass is 243 g/mol. The van der Waals surface area contributed by atoms with E-state index < -0.39 is 0 Å². The number of aromatic amines is 1. The third-order valence-electron chi connectivity index (χ3n) is 3.64. The second-order valence-corrected chi connectivity index (χ2v) is 4.97. The molecule has 0 saturated carbocycles. The van der Waals surface area contributed by atoms with Crippen molar-refractivity contribution < 1.29 is 4.79 Å². The Hall–Kier alpha value is -1.81. The Morgan fingerprint density at radius 1 is 1.39 bits per heavy atom. The van der Waals surface area contributed by atoms with Gasteiger partial charge in [0.2, 0.25) is 5.91 Å². The van der Waals surface area contributed by atoms with E-state index in [0.717, 1.165) is 29.6 Å². The number of amides is 1. The molecule has 18 heavy (non-hydrogen) atoms. The molecule has 0 radical (unpaired) electrons. The van der Waals surface area contributed by atoms with Gasteiger partial charge in [0, 0.05) is 22.8 Å². The van der Waals surface area contributed by atoms with Gasteiger partial charge < -0.3 is 15.6 Å². The van der Waals surface area contributed by atoms with E-state index in [1.165, 1.54) is 0 Å². The average molecular weight is 243 g/mol. The summed E-state index contributed by atoms with van der Waals surface area (Å²) in [7, 11) is 0. The van der Waals surface area contributed by atoms with E-state index >= 15 is 0 Å². The van der Waals surface area contributed by atoms with Crippen molar-refractivity contribution in [2.45, 2.75) is 19.4 Å². The maximum absolute atomic E-state index is 12.1. The quantitative estimate of drug-likeness (QED) is 0.756. The van der Waals surface area contributed by atoms with Crippen LogP contribution in [0.2, 0.25) is 0 Å². The standard InChI is InChI=1S/C14H17N3O/c1-9-4-6-16-13(9)14(18)17-11-2-3-12-10(8-11)5-7-15-12/h2-3,5,7-9,13,15-16H,4,6H2,1H3,(H,17,18). The van der Waals surface area contributed by atoms with Crippen molar-refractivity contribution in [3.63, 3.8) is 0 Å². The maximum atomic E-state index is 12.1. The number of aromatic nitrogens is 1. The number of benzene rings is 1. The lowest BCUT2D eigenvalue weighted by atomic mass is 10.0. The van der Waals surface area contributed by atoms with Gasteiger partial charge in [0.1, 0.15) is 0 Å². The first-order valence-corrected chi connectivity index (χ1v) is 6.35. The fourth-order valence-corrected chi connectivity index (χ4v) is 2.54. The van der Waals surface area contributed by atoms with Gasteiger partial charge in [-0.2, -0.15) is 0 Å². The molecule has 0 bridgehead atoms. The summed E-state index contributed by atoms with van der Waals surface area (Å²) in [5, 5.41) is 7.33. The van der Waals surface area contributed by atoms with Gasteiger partial charge >= 0.3 is 0 Å². The lowest BCUT2D eigenvalue weighted by Crippen LogP contribution is -2.39. The Bertz CT molecular complexity index is 575. The van der Waals surface area contributed by atoms with Crippen LogP contribution in [-0.4, -0.2) is 23.5 Å². The van der Waals surface area contributed by atoms with Gasteiger partial charge in [0.15, 0.2) is 0 Å². The summed E-state index contributed by atoms with van der Waals surface area (Å²) in [6.45, 7) is 3.04. The fourth-order valence-electron chi connectivity index (χ4n) is 2.54. The van der Waals surface area contributed by atoms with Crippen LogP contribution in [-0.2, 0) is 4.79 Å². The Labute approximate surface area is 106 Å². The van der Waals surface area contributed by atoms with Gasteiger partial charge in [-0.1, -0.05) is 6.92 Å². The molecule has 2 atom stereocenters. The van der Waals surface area contributed by atoms with Crippen molar-refractivity contribution in [3.05, 3.63) is 30.5 Å². The smallest absolute Gasteiger partial charge is 0.241 e. The SMILES string of the molecule is CC1CCNC1C(=O)Nc1ccc2[nH]ccc2c1. The molecule has 4 heteroatoms. The van der Waals surface area contributed by atoms with Gasteiger partial charge in [-0.3, -0.25) is 4.79 Å². The average Bonchev–Trinajstić information content (AvgIpc) is 2.96. The fraction of sp³-hybridized carbons (Fsp3) is 0.357. The molecule has 1 saturated heterocycles. The summed E-state index contributed by atoms with van der Waals surface area (Å²) in [6, 6.07) is 7.84. The number of nitrogens with one attached hydrogen (secondary N) is 3. The minimum absolute atomic E-state index is 0.0630. The topological polar surface area (TPSA) is 56.9 Å². The zero-order valence-corrected chi connectivity index (χ0v) is 10.4. The molecule has 4 nitrogen and oxygen atoms in total. The lowest BCUT2D eigenvalue weighted by molar-refractivity contribution is -0.118. The minimum Gasteiger partial charge on any atom is -0.361 e. The third kappa shape index (κ3) is 1.99. The zero-order chi connectivity index (χ0) is 12.5. The second-order valence-electron chi connectivity index (χ2n) is 4.97. The first-order chi connectivity index (χ1) is 8.74. The van der Waals surface area contributed by atoms with Crippen LogP contribution < -0.4 is 10.6 Å². The summed E-state index contributed by atoms with van der Waals surface area (Å²) in [5.74, 6) is 0.468. The summed E-state index contributed by atoms with van der Waals surface area (Å²) < 4.78 is 0. The molecule has 3 N–H and O–H groups in total. The molecule has 1 aliphatic heterocycles. The first kappa shape index (κ1) is 11.3. The van der Waals surface area contributed by atoms with Crippen molar-refractivity contribution in [1.29, 1.82) is 0 Å². The molecule has 94 valence electrons. The van der Waals surface area contributed by atoms with E-state index in [1.54, 1.807) is 0 Å². The number of anilines is 1. The molecule has 2 unspecified atom stereocenters. The summed E-state index contributed by atoms with van der Waals surface area (Å²) in [4.78, 5) is 15.3. The van der Waals surface area contributed by atoms with Gasteiger partial charge in [-0.15, -0.1) is 0 Å². The number of rotatable bonds is 2. The van der Waals surface area contributed by atoms with E-state index in [2.05, 4.69) is 22.5 Å². The van der Waals surface area contributed by atoms with Crippen LogP contribution in [0, 0.1) is 5.92 Å². The molecule has 1 aromatic carbocycles. The van der Waals surface area contributed by atoms with E-state index in [1.807, 2.05) is 30.5 Å². The molecule has 1 aromatic heterocycles.